The van der Waals surface area contributed by atoms with Gasteiger partial charge in [-0.3, -0.25) is 9.59 Å². The number of aromatic nitrogens is 3. The van der Waals surface area contributed by atoms with Gasteiger partial charge in [0.15, 0.2) is 0 Å². The van der Waals surface area contributed by atoms with Crippen LogP contribution in [0.25, 0.3) is 10.9 Å². The van der Waals surface area contributed by atoms with Gasteiger partial charge in [-0.05, 0) is 56.8 Å². The van der Waals surface area contributed by atoms with Crippen molar-refractivity contribution in [2.24, 2.45) is 5.92 Å². The molecule has 1 aromatic heterocycles. The average molecular weight is 369 g/mol. The Morgan fingerprint density at radius 2 is 1.89 bits per heavy atom. The third-order valence-corrected chi connectivity index (χ3v) is 5.75. The predicted molar refractivity (Wildman–Crippen MR) is 103 cm³/mol. The van der Waals surface area contributed by atoms with Crippen LogP contribution in [0.15, 0.2) is 29.1 Å². The topological polar surface area (TPSA) is 71.3 Å². The number of likely N-dealkylation sites (tertiary alicyclic amines) is 2. The Labute approximate surface area is 158 Å². The molecule has 2 saturated heterocycles. The van der Waals surface area contributed by atoms with Gasteiger partial charge in [-0.2, -0.15) is 0 Å². The SMILES string of the molecule is O=C(Cn1nnc2ccccc2c1=O)N1CCC[C@H](CN2CCCCC2)C1. The first-order valence-electron chi connectivity index (χ1n) is 10.0. The van der Waals surface area contributed by atoms with Gasteiger partial charge in [0.25, 0.3) is 5.56 Å². The van der Waals surface area contributed by atoms with Crippen LogP contribution in [0.1, 0.15) is 32.1 Å². The Bertz CT molecular complexity index is 859. The first kappa shape index (κ1) is 18.1. The molecule has 2 aliphatic rings. The van der Waals surface area contributed by atoms with Crippen molar-refractivity contribution in [3.05, 3.63) is 34.6 Å². The van der Waals surface area contributed by atoms with E-state index in [9.17, 15) is 9.59 Å². The fourth-order valence-corrected chi connectivity index (χ4v) is 4.30. The molecule has 1 aromatic carbocycles. The average Bonchev–Trinajstić information content (AvgIpc) is 2.71. The number of benzene rings is 1. The van der Waals surface area contributed by atoms with Crippen LogP contribution in [0, 0.1) is 5.92 Å². The predicted octanol–water partition coefficient (Wildman–Crippen LogP) is 1.52. The van der Waals surface area contributed by atoms with Crippen molar-refractivity contribution < 1.29 is 4.79 Å². The fraction of sp³-hybridized carbons (Fsp3) is 0.600. The summed E-state index contributed by atoms with van der Waals surface area (Å²) >= 11 is 0. The maximum Gasteiger partial charge on any atom is 0.278 e. The van der Waals surface area contributed by atoms with Gasteiger partial charge in [0.1, 0.15) is 12.1 Å². The van der Waals surface area contributed by atoms with E-state index in [0.717, 1.165) is 26.1 Å². The van der Waals surface area contributed by atoms with Crippen LogP contribution in [0.3, 0.4) is 0 Å². The van der Waals surface area contributed by atoms with Crippen LogP contribution in [0.4, 0.5) is 0 Å². The van der Waals surface area contributed by atoms with E-state index >= 15 is 0 Å². The highest BCUT2D eigenvalue weighted by molar-refractivity contribution is 5.78. The number of nitrogens with zero attached hydrogens (tertiary/aromatic N) is 5. The highest BCUT2D eigenvalue weighted by Crippen LogP contribution is 2.20. The van der Waals surface area contributed by atoms with Gasteiger partial charge in [0, 0.05) is 19.6 Å². The molecule has 4 rings (SSSR count). The quantitative estimate of drug-likeness (QED) is 0.817. The Morgan fingerprint density at radius 1 is 1.07 bits per heavy atom. The van der Waals surface area contributed by atoms with Crippen molar-refractivity contribution in [3.8, 4) is 0 Å². The zero-order valence-electron chi connectivity index (χ0n) is 15.7. The summed E-state index contributed by atoms with van der Waals surface area (Å²) in [6.45, 7) is 4.97. The van der Waals surface area contributed by atoms with Crippen molar-refractivity contribution >= 4 is 16.8 Å². The maximum absolute atomic E-state index is 12.8. The van der Waals surface area contributed by atoms with Crippen LogP contribution in [0.5, 0.6) is 0 Å². The van der Waals surface area contributed by atoms with Crippen molar-refractivity contribution in [2.75, 3.05) is 32.7 Å². The van der Waals surface area contributed by atoms with Crippen molar-refractivity contribution in [1.82, 2.24) is 24.8 Å². The molecule has 0 radical (unpaired) electrons. The molecule has 2 fully saturated rings. The standard InChI is InChI=1S/C20H27N5O2/c26-19(15-25-20(27)17-8-2-3-9-18(17)21-22-25)24-12-6-7-16(14-24)13-23-10-4-1-5-11-23/h2-3,8-9,16H,1,4-7,10-15H2/t16-/m1/s1. The molecular weight excluding hydrogens is 342 g/mol. The molecule has 7 heteroatoms. The van der Waals surface area contributed by atoms with Crippen LogP contribution >= 0.6 is 0 Å². The third-order valence-electron chi connectivity index (χ3n) is 5.75. The summed E-state index contributed by atoms with van der Waals surface area (Å²) in [5, 5.41) is 8.52. The van der Waals surface area contributed by atoms with Crippen molar-refractivity contribution in [1.29, 1.82) is 0 Å². The number of hydrogen-bond donors (Lipinski definition) is 0. The van der Waals surface area contributed by atoms with E-state index in [0.29, 0.717) is 16.8 Å². The third kappa shape index (κ3) is 4.18. The Morgan fingerprint density at radius 3 is 2.74 bits per heavy atom. The Balaban J connectivity index is 1.40. The number of fused-ring (bicyclic) bond motifs is 1. The van der Waals surface area contributed by atoms with Gasteiger partial charge in [0.05, 0.1) is 5.39 Å². The van der Waals surface area contributed by atoms with Crippen molar-refractivity contribution in [2.45, 2.75) is 38.6 Å². The summed E-state index contributed by atoms with van der Waals surface area (Å²) in [6.07, 6.45) is 6.13. The van der Waals surface area contributed by atoms with Gasteiger partial charge in [-0.15, -0.1) is 5.10 Å². The number of rotatable bonds is 4. The summed E-state index contributed by atoms with van der Waals surface area (Å²) in [6, 6.07) is 7.10. The van der Waals surface area contributed by atoms with E-state index < -0.39 is 0 Å². The minimum atomic E-state index is -0.254. The zero-order valence-corrected chi connectivity index (χ0v) is 15.7. The summed E-state index contributed by atoms with van der Waals surface area (Å²) < 4.78 is 1.19. The summed E-state index contributed by atoms with van der Waals surface area (Å²) in [4.78, 5) is 29.8. The number of amides is 1. The lowest BCUT2D eigenvalue weighted by Crippen LogP contribution is -2.46. The molecule has 27 heavy (non-hydrogen) atoms. The molecule has 0 bridgehead atoms. The lowest BCUT2D eigenvalue weighted by molar-refractivity contribution is -0.134. The maximum atomic E-state index is 12.8. The number of piperidine rings is 2. The van der Waals surface area contributed by atoms with Crippen LogP contribution in [-0.2, 0) is 11.3 Å². The van der Waals surface area contributed by atoms with Gasteiger partial charge >= 0.3 is 0 Å². The highest BCUT2D eigenvalue weighted by Gasteiger charge is 2.26. The minimum absolute atomic E-state index is 0.0346. The Hall–Kier alpha value is -2.28. The van der Waals surface area contributed by atoms with E-state index in [4.69, 9.17) is 0 Å². The summed E-state index contributed by atoms with van der Waals surface area (Å²) in [5.74, 6) is 0.491. The second-order valence-electron chi connectivity index (χ2n) is 7.78. The number of carbonyl (C=O) groups excluding carboxylic acids is 1. The monoisotopic (exact) mass is 369 g/mol. The number of carbonyl (C=O) groups is 1. The van der Waals surface area contributed by atoms with Crippen molar-refractivity contribution in [3.63, 3.8) is 0 Å². The molecule has 0 unspecified atom stereocenters. The van der Waals surface area contributed by atoms with Crippen LogP contribution in [-0.4, -0.2) is 63.4 Å². The van der Waals surface area contributed by atoms with Gasteiger partial charge in [0.2, 0.25) is 5.91 Å². The smallest absolute Gasteiger partial charge is 0.278 e. The summed E-state index contributed by atoms with van der Waals surface area (Å²) in [5.41, 5.74) is 0.307. The normalized spacial score (nSPS) is 21.5. The van der Waals surface area contributed by atoms with E-state index in [1.54, 1.807) is 18.2 Å². The second-order valence-corrected chi connectivity index (χ2v) is 7.78. The molecule has 0 aliphatic carbocycles. The lowest BCUT2D eigenvalue weighted by atomic mass is 9.96. The molecule has 0 N–H and O–H groups in total. The number of hydrogen-bond acceptors (Lipinski definition) is 5. The molecule has 144 valence electrons. The molecule has 1 amide bonds. The zero-order chi connectivity index (χ0) is 18.6. The molecule has 0 saturated carbocycles. The largest absolute Gasteiger partial charge is 0.341 e. The fourth-order valence-electron chi connectivity index (χ4n) is 4.30. The van der Waals surface area contributed by atoms with Gasteiger partial charge in [-0.1, -0.05) is 23.8 Å². The first-order chi connectivity index (χ1) is 13.2. The van der Waals surface area contributed by atoms with Crippen LogP contribution in [0.2, 0.25) is 0 Å². The van der Waals surface area contributed by atoms with Gasteiger partial charge in [-0.25, -0.2) is 4.68 Å². The molecule has 0 spiro atoms. The molecular formula is C20H27N5O2. The first-order valence-corrected chi connectivity index (χ1v) is 10.0. The highest BCUT2D eigenvalue weighted by atomic mass is 16.2. The second kappa shape index (κ2) is 8.17. The lowest BCUT2D eigenvalue weighted by Gasteiger charge is -2.36. The molecule has 3 heterocycles. The van der Waals surface area contributed by atoms with E-state index in [1.807, 2.05) is 11.0 Å². The minimum Gasteiger partial charge on any atom is -0.341 e. The van der Waals surface area contributed by atoms with E-state index in [-0.39, 0.29) is 18.0 Å². The molecule has 2 aromatic rings. The van der Waals surface area contributed by atoms with E-state index in [1.165, 1.54) is 43.5 Å². The van der Waals surface area contributed by atoms with E-state index in [2.05, 4.69) is 15.2 Å². The summed E-state index contributed by atoms with van der Waals surface area (Å²) in [7, 11) is 0. The molecule has 1 atom stereocenters. The van der Waals surface area contributed by atoms with Gasteiger partial charge < -0.3 is 9.80 Å². The molecule has 7 nitrogen and oxygen atoms in total. The Kier molecular flexibility index (Phi) is 5.48. The molecule has 2 aliphatic heterocycles. The van der Waals surface area contributed by atoms with Crippen LogP contribution < -0.4 is 5.56 Å².